The number of rotatable bonds is 3. The SMILES string of the molecule is COc1cc(N)c(Cl)cc1C(=O)N1CCN(C2CC2)C(=O)C1. The predicted molar refractivity (Wildman–Crippen MR) is 83.1 cm³/mol. The van der Waals surface area contributed by atoms with E-state index in [0.717, 1.165) is 12.8 Å². The van der Waals surface area contributed by atoms with Gasteiger partial charge in [0.2, 0.25) is 5.91 Å². The van der Waals surface area contributed by atoms with Crippen molar-refractivity contribution in [2.75, 3.05) is 32.5 Å². The Balaban J connectivity index is 1.79. The second kappa shape index (κ2) is 5.68. The largest absolute Gasteiger partial charge is 0.496 e. The summed E-state index contributed by atoms with van der Waals surface area (Å²) in [5.74, 6) is 0.106. The maximum absolute atomic E-state index is 12.7. The molecular weight excluding hydrogens is 306 g/mol. The molecule has 1 saturated heterocycles. The summed E-state index contributed by atoms with van der Waals surface area (Å²) in [5, 5.41) is 0.298. The minimum Gasteiger partial charge on any atom is -0.496 e. The summed E-state index contributed by atoms with van der Waals surface area (Å²) in [7, 11) is 1.47. The number of benzene rings is 1. The second-order valence-corrected chi connectivity index (χ2v) is 6.03. The molecule has 6 nitrogen and oxygen atoms in total. The molecule has 7 heteroatoms. The Kier molecular flexibility index (Phi) is 3.87. The van der Waals surface area contributed by atoms with E-state index in [1.165, 1.54) is 24.1 Å². The lowest BCUT2D eigenvalue weighted by Crippen LogP contribution is -2.52. The number of piperazine rings is 1. The van der Waals surface area contributed by atoms with E-state index in [-0.39, 0.29) is 18.4 Å². The number of methoxy groups -OCH3 is 1. The van der Waals surface area contributed by atoms with Gasteiger partial charge in [-0.05, 0) is 18.9 Å². The van der Waals surface area contributed by atoms with Gasteiger partial charge in [0.25, 0.3) is 5.91 Å². The van der Waals surface area contributed by atoms with E-state index in [1.54, 1.807) is 0 Å². The number of ether oxygens (including phenoxy) is 1. The molecule has 0 radical (unpaired) electrons. The van der Waals surface area contributed by atoms with Crippen molar-refractivity contribution in [3.8, 4) is 5.75 Å². The molecule has 1 aromatic carbocycles. The number of amides is 2. The molecule has 0 spiro atoms. The summed E-state index contributed by atoms with van der Waals surface area (Å²) in [6, 6.07) is 3.40. The lowest BCUT2D eigenvalue weighted by molar-refractivity contribution is -0.135. The molecule has 1 aliphatic heterocycles. The van der Waals surface area contributed by atoms with Crippen LogP contribution in [0.2, 0.25) is 5.02 Å². The van der Waals surface area contributed by atoms with E-state index in [2.05, 4.69) is 0 Å². The first-order valence-electron chi connectivity index (χ1n) is 7.23. The van der Waals surface area contributed by atoms with Crippen LogP contribution in [0.15, 0.2) is 12.1 Å². The van der Waals surface area contributed by atoms with Crippen LogP contribution in [0.3, 0.4) is 0 Å². The van der Waals surface area contributed by atoms with Gasteiger partial charge in [-0.3, -0.25) is 9.59 Å². The van der Waals surface area contributed by atoms with Gasteiger partial charge in [-0.25, -0.2) is 0 Å². The Morgan fingerprint density at radius 3 is 2.68 bits per heavy atom. The number of hydrogen-bond acceptors (Lipinski definition) is 4. The number of hydrogen-bond donors (Lipinski definition) is 1. The quantitative estimate of drug-likeness (QED) is 0.853. The molecular formula is C15H18ClN3O3. The summed E-state index contributed by atoms with van der Waals surface area (Å²) in [6.45, 7) is 1.20. The highest BCUT2D eigenvalue weighted by Gasteiger charge is 2.37. The Hall–Kier alpha value is -1.95. The minimum atomic E-state index is -0.262. The van der Waals surface area contributed by atoms with Gasteiger partial charge >= 0.3 is 0 Å². The molecule has 118 valence electrons. The fraction of sp³-hybridized carbons (Fsp3) is 0.467. The zero-order valence-electron chi connectivity index (χ0n) is 12.3. The molecule has 0 aromatic heterocycles. The van der Waals surface area contributed by atoms with Crippen LogP contribution in [0.25, 0.3) is 0 Å². The molecule has 0 bridgehead atoms. The third-order valence-corrected chi connectivity index (χ3v) is 4.41. The predicted octanol–water partition coefficient (Wildman–Crippen LogP) is 1.38. The van der Waals surface area contributed by atoms with E-state index < -0.39 is 0 Å². The van der Waals surface area contributed by atoms with Gasteiger partial charge in [0.1, 0.15) is 12.3 Å². The average Bonchev–Trinajstić information content (AvgIpc) is 3.33. The number of nitrogens with two attached hydrogens (primary N) is 1. The van der Waals surface area contributed by atoms with E-state index in [1.807, 2.05) is 4.90 Å². The molecule has 1 aliphatic carbocycles. The van der Waals surface area contributed by atoms with Crippen LogP contribution in [-0.2, 0) is 4.79 Å². The van der Waals surface area contributed by atoms with Crippen molar-refractivity contribution in [3.63, 3.8) is 0 Å². The van der Waals surface area contributed by atoms with Crippen molar-refractivity contribution in [2.45, 2.75) is 18.9 Å². The lowest BCUT2D eigenvalue weighted by atomic mass is 10.1. The van der Waals surface area contributed by atoms with Crippen LogP contribution in [0.1, 0.15) is 23.2 Å². The fourth-order valence-electron chi connectivity index (χ4n) is 2.71. The highest BCUT2D eigenvalue weighted by atomic mass is 35.5. The Labute approximate surface area is 133 Å². The van der Waals surface area contributed by atoms with Gasteiger partial charge in [0.05, 0.1) is 23.4 Å². The standard InChI is InChI=1S/C15H18ClN3O3/c1-22-13-7-12(17)11(16)6-10(13)15(21)18-4-5-19(9-2-3-9)14(20)8-18/h6-7,9H,2-5,8,17H2,1H3. The normalized spacial score (nSPS) is 18.5. The maximum Gasteiger partial charge on any atom is 0.258 e. The van der Waals surface area contributed by atoms with E-state index >= 15 is 0 Å². The lowest BCUT2D eigenvalue weighted by Gasteiger charge is -2.34. The van der Waals surface area contributed by atoms with Gasteiger partial charge in [-0.15, -0.1) is 0 Å². The van der Waals surface area contributed by atoms with Crippen molar-refractivity contribution in [2.24, 2.45) is 0 Å². The van der Waals surface area contributed by atoms with Crippen LogP contribution < -0.4 is 10.5 Å². The first-order valence-corrected chi connectivity index (χ1v) is 7.61. The summed E-state index contributed by atoms with van der Waals surface area (Å²) in [5.41, 5.74) is 6.41. The molecule has 2 amide bonds. The molecule has 3 rings (SSSR count). The van der Waals surface area contributed by atoms with Crippen LogP contribution >= 0.6 is 11.6 Å². The molecule has 22 heavy (non-hydrogen) atoms. The zero-order chi connectivity index (χ0) is 15.9. The van der Waals surface area contributed by atoms with Crippen molar-refractivity contribution in [1.29, 1.82) is 0 Å². The molecule has 0 atom stereocenters. The van der Waals surface area contributed by atoms with Gasteiger partial charge in [0, 0.05) is 25.2 Å². The molecule has 1 heterocycles. The Morgan fingerprint density at radius 1 is 1.36 bits per heavy atom. The number of carbonyl (C=O) groups excluding carboxylic acids is 2. The molecule has 1 aromatic rings. The van der Waals surface area contributed by atoms with E-state index in [0.29, 0.717) is 41.2 Å². The number of nitrogens with zero attached hydrogens (tertiary/aromatic N) is 2. The highest BCUT2D eigenvalue weighted by Crippen LogP contribution is 2.31. The second-order valence-electron chi connectivity index (χ2n) is 5.62. The number of nitrogen functional groups attached to an aromatic ring is 1. The molecule has 1 saturated carbocycles. The zero-order valence-corrected chi connectivity index (χ0v) is 13.1. The van der Waals surface area contributed by atoms with Crippen molar-refractivity contribution in [3.05, 3.63) is 22.7 Å². The van der Waals surface area contributed by atoms with Gasteiger partial charge < -0.3 is 20.3 Å². The van der Waals surface area contributed by atoms with Crippen molar-refractivity contribution >= 4 is 29.1 Å². The first-order chi connectivity index (χ1) is 10.5. The summed E-state index contributed by atoms with van der Waals surface area (Å²) in [6.07, 6.45) is 2.14. The van der Waals surface area contributed by atoms with Crippen LogP contribution in [-0.4, -0.2) is 54.4 Å². The third kappa shape index (κ3) is 2.70. The summed E-state index contributed by atoms with van der Waals surface area (Å²) >= 11 is 6.00. The first kappa shape index (κ1) is 15.0. The van der Waals surface area contributed by atoms with Crippen LogP contribution in [0.4, 0.5) is 5.69 Å². The Morgan fingerprint density at radius 2 is 2.09 bits per heavy atom. The molecule has 2 aliphatic rings. The number of halogens is 1. The van der Waals surface area contributed by atoms with Crippen molar-refractivity contribution < 1.29 is 14.3 Å². The van der Waals surface area contributed by atoms with Gasteiger partial charge in [-0.1, -0.05) is 11.6 Å². The van der Waals surface area contributed by atoms with Gasteiger partial charge in [-0.2, -0.15) is 0 Å². The van der Waals surface area contributed by atoms with Crippen molar-refractivity contribution in [1.82, 2.24) is 9.80 Å². The molecule has 2 N–H and O–H groups in total. The molecule has 0 unspecified atom stereocenters. The highest BCUT2D eigenvalue weighted by molar-refractivity contribution is 6.33. The third-order valence-electron chi connectivity index (χ3n) is 4.08. The maximum atomic E-state index is 12.7. The van der Waals surface area contributed by atoms with Gasteiger partial charge in [0.15, 0.2) is 0 Å². The fourth-order valence-corrected chi connectivity index (χ4v) is 2.87. The van der Waals surface area contributed by atoms with Crippen LogP contribution in [0, 0.1) is 0 Å². The summed E-state index contributed by atoms with van der Waals surface area (Å²) < 4.78 is 5.21. The number of anilines is 1. The number of carbonyl (C=O) groups is 2. The molecule has 2 fully saturated rings. The Bertz CT molecular complexity index is 631. The summed E-state index contributed by atoms with van der Waals surface area (Å²) in [4.78, 5) is 28.2. The van der Waals surface area contributed by atoms with E-state index in [4.69, 9.17) is 22.1 Å². The van der Waals surface area contributed by atoms with Crippen LogP contribution in [0.5, 0.6) is 5.75 Å². The monoisotopic (exact) mass is 323 g/mol. The average molecular weight is 324 g/mol. The topological polar surface area (TPSA) is 75.9 Å². The minimum absolute atomic E-state index is 0.00242. The van der Waals surface area contributed by atoms with E-state index in [9.17, 15) is 9.59 Å². The smallest absolute Gasteiger partial charge is 0.258 e.